The van der Waals surface area contributed by atoms with Crippen molar-refractivity contribution in [2.45, 2.75) is 12.8 Å². The maximum Gasteiger partial charge on any atom is 0.253 e. The fraction of sp³-hybridized carbons (Fsp3) is 0.533. The molecule has 5 nitrogen and oxygen atoms in total. The van der Waals surface area contributed by atoms with E-state index in [2.05, 4.69) is 0 Å². The van der Waals surface area contributed by atoms with Crippen molar-refractivity contribution in [3.05, 3.63) is 23.8 Å². The minimum absolute atomic E-state index is 0.0547. The molecule has 0 atom stereocenters. The van der Waals surface area contributed by atoms with Crippen LogP contribution >= 0.6 is 0 Å². The summed E-state index contributed by atoms with van der Waals surface area (Å²) in [4.78, 5) is 13.5. The first-order chi connectivity index (χ1) is 9.58. The zero-order valence-electron chi connectivity index (χ0n) is 12.1. The Morgan fingerprint density at radius 1 is 1.40 bits per heavy atom. The van der Waals surface area contributed by atoms with E-state index in [9.17, 15) is 4.79 Å². The molecule has 5 heteroatoms. The molecule has 1 amide bonds. The summed E-state index contributed by atoms with van der Waals surface area (Å²) in [6.45, 7) is 2.21. The molecule has 20 heavy (non-hydrogen) atoms. The minimum atomic E-state index is -0.0547. The van der Waals surface area contributed by atoms with E-state index < -0.39 is 0 Å². The monoisotopic (exact) mass is 278 g/mol. The van der Waals surface area contributed by atoms with Gasteiger partial charge in [-0.25, -0.2) is 0 Å². The van der Waals surface area contributed by atoms with E-state index in [-0.39, 0.29) is 5.91 Å². The van der Waals surface area contributed by atoms with Crippen LogP contribution in [0.15, 0.2) is 18.2 Å². The molecule has 0 radical (unpaired) electrons. The lowest BCUT2D eigenvalue weighted by Gasteiger charge is -2.22. The summed E-state index contributed by atoms with van der Waals surface area (Å²) in [5.41, 5.74) is 7.06. The third-order valence-corrected chi connectivity index (χ3v) is 3.48. The van der Waals surface area contributed by atoms with Crippen molar-refractivity contribution < 1.29 is 14.3 Å². The summed E-state index contributed by atoms with van der Waals surface area (Å²) >= 11 is 0. The van der Waals surface area contributed by atoms with E-state index >= 15 is 0 Å². The molecule has 2 N–H and O–H groups in total. The second kappa shape index (κ2) is 6.61. The normalized spacial score (nSPS) is 15.9. The Morgan fingerprint density at radius 3 is 2.75 bits per heavy atom. The predicted octanol–water partition coefficient (Wildman–Crippen LogP) is 1.78. The van der Waals surface area contributed by atoms with Gasteiger partial charge in [0.25, 0.3) is 5.91 Å². The van der Waals surface area contributed by atoms with Crippen molar-refractivity contribution in [3.8, 4) is 5.75 Å². The summed E-state index contributed by atoms with van der Waals surface area (Å²) < 4.78 is 11.1. The lowest BCUT2D eigenvalue weighted by atomic mass is 10.0. The summed E-state index contributed by atoms with van der Waals surface area (Å²) in [5.74, 6) is 1.03. The van der Waals surface area contributed by atoms with Gasteiger partial charge in [-0.2, -0.15) is 0 Å². The number of ether oxygens (including phenoxy) is 2. The average Bonchev–Trinajstić information content (AvgIpc) is 2.46. The van der Waals surface area contributed by atoms with Crippen molar-refractivity contribution in [2.24, 2.45) is 5.92 Å². The second-order valence-corrected chi connectivity index (χ2v) is 5.32. The molecule has 1 aliphatic rings. The topological polar surface area (TPSA) is 64.8 Å². The molecule has 0 unspecified atom stereocenters. The van der Waals surface area contributed by atoms with Crippen molar-refractivity contribution in [2.75, 3.05) is 39.6 Å². The molecule has 1 saturated heterocycles. The Hall–Kier alpha value is -1.75. The van der Waals surface area contributed by atoms with Gasteiger partial charge in [-0.1, -0.05) is 0 Å². The van der Waals surface area contributed by atoms with Gasteiger partial charge in [0, 0.05) is 32.9 Å². The van der Waals surface area contributed by atoms with Gasteiger partial charge >= 0.3 is 0 Å². The summed E-state index contributed by atoms with van der Waals surface area (Å²) in [6.07, 6.45) is 2.02. The molecule has 1 fully saturated rings. The van der Waals surface area contributed by atoms with Crippen LogP contribution in [0.4, 0.5) is 5.69 Å². The van der Waals surface area contributed by atoms with Crippen LogP contribution in [-0.4, -0.2) is 44.7 Å². The van der Waals surface area contributed by atoms with Gasteiger partial charge < -0.3 is 20.1 Å². The Labute approximate surface area is 119 Å². The number of carbonyl (C=O) groups is 1. The van der Waals surface area contributed by atoms with Gasteiger partial charge in [-0.15, -0.1) is 0 Å². The summed E-state index contributed by atoms with van der Waals surface area (Å²) in [7, 11) is 3.45. The molecular weight excluding hydrogens is 256 g/mol. The average molecular weight is 278 g/mol. The largest absolute Gasteiger partial charge is 0.491 e. The fourth-order valence-electron chi connectivity index (χ4n) is 2.17. The van der Waals surface area contributed by atoms with Gasteiger partial charge in [-0.05, 0) is 37.0 Å². The maximum atomic E-state index is 11.9. The number of anilines is 1. The first-order valence-corrected chi connectivity index (χ1v) is 6.89. The molecule has 0 bridgehead atoms. The van der Waals surface area contributed by atoms with E-state index in [1.54, 1.807) is 32.3 Å². The number of hydrogen-bond donors (Lipinski definition) is 1. The van der Waals surface area contributed by atoms with Gasteiger partial charge in [0.05, 0.1) is 12.3 Å². The number of rotatable bonds is 4. The van der Waals surface area contributed by atoms with Crippen molar-refractivity contribution in [1.29, 1.82) is 0 Å². The van der Waals surface area contributed by atoms with Gasteiger partial charge in [0.2, 0.25) is 0 Å². The molecule has 1 heterocycles. The predicted molar refractivity (Wildman–Crippen MR) is 77.9 cm³/mol. The Morgan fingerprint density at radius 2 is 2.10 bits per heavy atom. The van der Waals surface area contributed by atoms with E-state index in [0.717, 1.165) is 26.1 Å². The molecule has 1 aromatic carbocycles. The van der Waals surface area contributed by atoms with Crippen LogP contribution in [0.25, 0.3) is 0 Å². The van der Waals surface area contributed by atoms with E-state index in [1.807, 2.05) is 0 Å². The summed E-state index contributed by atoms with van der Waals surface area (Å²) in [6, 6.07) is 5.16. The zero-order chi connectivity index (χ0) is 14.5. The molecule has 2 rings (SSSR count). The van der Waals surface area contributed by atoms with Crippen LogP contribution in [0.1, 0.15) is 23.2 Å². The molecule has 1 aliphatic heterocycles. The number of benzene rings is 1. The SMILES string of the molecule is CN(C)C(=O)c1ccc(N)c(OCC2CCOCC2)c1. The highest BCUT2D eigenvalue weighted by Gasteiger charge is 2.16. The van der Waals surface area contributed by atoms with Gasteiger partial charge in [0.1, 0.15) is 5.75 Å². The van der Waals surface area contributed by atoms with Crippen LogP contribution in [0.3, 0.4) is 0 Å². The van der Waals surface area contributed by atoms with Crippen molar-refractivity contribution in [3.63, 3.8) is 0 Å². The number of nitrogen functional groups attached to an aromatic ring is 1. The van der Waals surface area contributed by atoms with Crippen molar-refractivity contribution >= 4 is 11.6 Å². The number of nitrogens with zero attached hydrogens (tertiary/aromatic N) is 1. The standard InChI is InChI=1S/C15H22N2O3/c1-17(2)15(18)12-3-4-13(16)14(9-12)20-10-11-5-7-19-8-6-11/h3-4,9,11H,5-8,10,16H2,1-2H3. The lowest BCUT2D eigenvalue weighted by Crippen LogP contribution is -2.23. The van der Waals surface area contributed by atoms with E-state index in [0.29, 0.717) is 29.5 Å². The molecule has 0 aliphatic carbocycles. The third kappa shape index (κ3) is 3.63. The van der Waals surface area contributed by atoms with Crippen LogP contribution in [0.2, 0.25) is 0 Å². The summed E-state index contributed by atoms with van der Waals surface area (Å²) in [5, 5.41) is 0. The third-order valence-electron chi connectivity index (χ3n) is 3.48. The molecule has 110 valence electrons. The van der Waals surface area contributed by atoms with E-state index in [4.69, 9.17) is 15.2 Å². The highest BCUT2D eigenvalue weighted by molar-refractivity contribution is 5.94. The molecule has 1 aromatic rings. The van der Waals surface area contributed by atoms with E-state index in [1.165, 1.54) is 4.90 Å². The van der Waals surface area contributed by atoms with Crippen LogP contribution < -0.4 is 10.5 Å². The lowest BCUT2D eigenvalue weighted by molar-refractivity contribution is 0.0498. The van der Waals surface area contributed by atoms with Crippen molar-refractivity contribution in [1.82, 2.24) is 4.90 Å². The first-order valence-electron chi connectivity index (χ1n) is 6.89. The number of amides is 1. The Bertz CT molecular complexity index is 468. The van der Waals surface area contributed by atoms with Crippen LogP contribution in [-0.2, 0) is 4.74 Å². The Kier molecular flexibility index (Phi) is 4.84. The van der Waals surface area contributed by atoms with Crippen LogP contribution in [0.5, 0.6) is 5.75 Å². The smallest absolute Gasteiger partial charge is 0.253 e. The number of nitrogens with two attached hydrogens (primary N) is 1. The Balaban J connectivity index is 2.02. The first kappa shape index (κ1) is 14.7. The molecule has 0 saturated carbocycles. The zero-order valence-corrected chi connectivity index (χ0v) is 12.1. The quantitative estimate of drug-likeness (QED) is 0.853. The maximum absolute atomic E-state index is 11.9. The molecular formula is C15H22N2O3. The highest BCUT2D eigenvalue weighted by atomic mass is 16.5. The fourth-order valence-corrected chi connectivity index (χ4v) is 2.17. The van der Waals surface area contributed by atoms with Crippen LogP contribution in [0, 0.1) is 5.92 Å². The number of hydrogen-bond acceptors (Lipinski definition) is 4. The number of carbonyl (C=O) groups excluding carboxylic acids is 1. The van der Waals surface area contributed by atoms with Gasteiger partial charge in [-0.3, -0.25) is 4.79 Å². The second-order valence-electron chi connectivity index (χ2n) is 5.32. The molecule has 0 spiro atoms. The molecule has 0 aromatic heterocycles. The van der Waals surface area contributed by atoms with Gasteiger partial charge in [0.15, 0.2) is 0 Å². The highest BCUT2D eigenvalue weighted by Crippen LogP contribution is 2.25. The minimum Gasteiger partial charge on any atom is -0.491 e.